The van der Waals surface area contributed by atoms with Crippen molar-refractivity contribution in [3.63, 3.8) is 0 Å². The van der Waals surface area contributed by atoms with Gasteiger partial charge < -0.3 is 10.5 Å². The second-order valence-electron chi connectivity index (χ2n) is 5.47. The van der Waals surface area contributed by atoms with E-state index in [9.17, 15) is 0 Å². The van der Waals surface area contributed by atoms with E-state index >= 15 is 0 Å². The van der Waals surface area contributed by atoms with Crippen molar-refractivity contribution in [2.45, 2.75) is 45.6 Å². The van der Waals surface area contributed by atoms with Gasteiger partial charge in [0.25, 0.3) is 0 Å². The molecule has 0 bridgehead atoms. The fourth-order valence-corrected chi connectivity index (χ4v) is 2.53. The van der Waals surface area contributed by atoms with E-state index in [0.717, 1.165) is 42.3 Å². The van der Waals surface area contributed by atoms with Gasteiger partial charge in [-0.3, -0.25) is 4.90 Å². The summed E-state index contributed by atoms with van der Waals surface area (Å²) in [6.45, 7) is 6.68. The number of hydrogen-bond donors (Lipinski definition) is 1. The maximum absolute atomic E-state index is 6.17. The van der Waals surface area contributed by atoms with Crippen molar-refractivity contribution in [2.75, 3.05) is 26.7 Å². The van der Waals surface area contributed by atoms with E-state index in [1.165, 1.54) is 12.8 Å². The first-order valence-corrected chi connectivity index (χ1v) is 8.34. The molecule has 1 aromatic rings. The van der Waals surface area contributed by atoms with E-state index in [2.05, 4.69) is 25.8 Å². The predicted molar refractivity (Wildman–Crippen MR) is 91.2 cm³/mol. The molecule has 21 heavy (non-hydrogen) atoms. The number of benzene rings is 1. The molecule has 1 atom stereocenters. The summed E-state index contributed by atoms with van der Waals surface area (Å²) in [5.74, 6) is 0.909. The van der Waals surface area contributed by atoms with Crippen LogP contribution < -0.4 is 10.5 Å². The Bertz CT molecular complexity index is 412. The lowest BCUT2D eigenvalue weighted by Crippen LogP contribution is -2.31. The van der Waals surface area contributed by atoms with Gasteiger partial charge in [-0.1, -0.05) is 38.3 Å². The molecule has 1 unspecified atom stereocenters. The van der Waals surface area contributed by atoms with E-state index in [4.69, 9.17) is 22.1 Å². The molecule has 0 aliphatic carbocycles. The van der Waals surface area contributed by atoms with Gasteiger partial charge in [0.2, 0.25) is 0 Å². The quantitative estimate of drug-likeness (QED) is 0.656. The van der Waals surface area contributed by atoms with Gasteiger partial charge in [0, 0.05) is 17.1 Å². The van der Waals surface area contributed by atoms with Crippen LogP contribution in [0.4, 0.5) is 0 Å². The average molecular weight is 313 g/mol. The molecule has 4 heteroatoms. The van der Waals surface area contributed by atoms with Gasteiger partial charge >= 0.3 is 0 Å². The first-order valence-electron chi connectivity index (χ1n) is 7.96. The molecule has 0 radical (unpaired) electrons. The van der Waals surface area contributed by atoms with Gasteiger partial charge in [0.15, 0.2) is 0 Å². The number of nitrogens with zero attached hydrogens (tertiary/aromatic N) is 1. The van der Waals surface area contributed by atoms with E-state index in [0.29, 0.717) is 6.54 Å². The fourth-order valence-electron chi connectivity index (χ4n) is 2.35. The summed E-state index contributed by atoms with van der Waals surface area (Å²) in [7, 11) is 2.11. The third kappa shape index (κ3) is 5.85. The molecule has 0 aliphatic heterocycles. The minimum Gasteiger partial charge on any atom is -0.493 e. The first kappa shape index (κ1) is 18.3. The zero-order chi connectivity index (χ0) is 15.7. The number of likely N-dealkylation sites (N-methyl/N-ethyl adjacent to an activating group) is 1. The van der Waals surface area contributed by atoms with Crippen LogP contribution in [0.3, 0.4) is 0 Å². The van der Waals surface area contributed by atoms with E-state index in [-0.39, 0.29) is 6.04 Å². The largest absolute Gasteiger partial charge is 0.493 e. The molecular formula is C17H29ClN2O. The van der Waals surface area contributed by atoms with Crippen LogP contribution in [0.1, 0.15) is 51.1 Å². The minimum atomic E-state index is 0.145. The topological polar surface area (TPSA) is 38.5 Å². The Balaban J connectivity index is 2.91. The van der Waals surface area contributed by atoms with Crippen LogP contribution in [-0.2, 0) is 0 Å². The molecule has 120 valence electrons. The van der Waals surface area contributed by atoms with Gasteiger partial charge in [-0.15, -0.1) is 0 Å². The lowest BCUT2D eigenvalue weighted by Gasteiger charge is -2.29. The molecular weight excluding hydrogens is 284 g/mol. The van der Waals surface area contributed by atoms with Crippen molar-refractivity contribution in [1.82, 2.24) is 4.90 Å². The summed E-state index contributed by atoms with van der Waals surface area (Å²) in [5, 5.41) is 0.732. The van der Waals surface area contributed by atoms with Crippen LogP contribution in [-0.4, -0.2) is 31.6 Å². The van der Waals surface area contributed by atoms with Crippen LogP contribution in [0.15, 0.2) is 18.2 Å². The van der Waals surface area contributed by atoms with Crippen molar-refractivity contribution in [1.29, 1.82) is 0 Å². The SMILES string of the molecule is CCCCOc1ccc(Cl)cc1C(CN)N(C)CCCC. The standard InChI is InChI=1S/C17H29ClN2O/c1-4-6-10-20(3)16(13-19)15-12-14(18)8-9-17(15)21-11-7-5-2/h8-9,12,16H,4-7,10-11,13,19H2,1-3H3. The maximum atomic E-state index is 6.17. The average Bonchev–Trinajstić information content (AvgIpc) is 2.48. The number of ether oxygens (including phenoxy) is 1. The third-order valence-corrected chi connectivity index (χ3v) is 3.94. The molecule has 0 spiro atoms. The highest BCUT2D eigenvalue weighted by atomic mass is 35.5. The Labute approximate surface area is 134 Å². The van der Waals surface area contributed by atoms with E-state index in [1.54, 1.807) is 0 Å². The molecule has 1 aromatic carbocycles. The summed E-state index contributed by atoms with van der Waals surface area (Å²) < 4.78 is 5.93. The van der Waals surface area contributed by atoms with E-state index in [1.807, 2.05) is 18.2 Å². The monoisotopic (exact) mass is 312 g/mol. The molecule has 0 aliphatic rings. The van der Waals surface area contributed by atoms with Crippen LogP contribution >= 0.6 is 11.6 Å². The molecule has 0 aromatic heterocycles. The van der Waals surface area contributed by atoms with Gasteiger partial charge in [0.1, 0.15) is 5.75 Å². The summed E-state index contributed by atoms with van der Waals surface area (Å²) >= 11 is 6.17. The smallest absolute Gasteiger partial charge is 0.124 e. The van der Waals surface area contributed by atoms with Gasteiger partial charge in [-0.25, -0.2) is 0 Å². The van der Waals surface area contributed by atoms with Crippen molar-refractivity contribution in [3.05, 3.63) is 28.8 Å². The van der Waals surface area contributed by atoms with Crippen LogP contribution in [0.5, 0.6) is 5.75 Å². The Kier molecular flexibility index (Phi) is 8.74. The normalized spacial score (nSPS) is 12.7. The predicted octanol–water partition coefficient (Wildman–Crippen LogP) is 4.25. The highest BCUT2D eigenvalue weighted by molar-refractivity contribution is 6.30. The number of hydrogen-bond acceptors (Lipinski definition) is 3. The van der Waals surface area contributed by atoms with Gasteiger partial charge in [-0.2, -0.15) is 0 Å². The lowest BCUT2D eigenvalue weighted by molar-refractivity contribution is 0.234. The van der Waals surface area contributed by atoms with Crippen LogP contribution in [0.25, 0.3) is 0 Å². The molecule has 0 saturated heterocycles. The van der Waals surface area contributed by atoms with Gasteiger partial charge in [0.05, 0.1) is 12.6 Å². The second kappa shape index (κ2) is 10.0. The van der Waals surface area contributed by atoms with Crippen LogP contribution in [0.2, 0.25) is 5.02 Å². The number of halogens is 1. The number of rotatable bonds is 10. The lowest BCUT2D eigenvalue weighted by atomic mass is 10.0. The van der Waals surface area contributed by atoms with Crippen molar-refractivity contribution >= 4 is 11.6 Å². The molecule has 0 amide bonds. The molecule has 0 heterocycles. The van der Waals surface area contributed by atoms with Gasteiger partial charge in [-0.05, 0) is 44.6 Å². The minimum absolute atomic E-state index is 0.145. The zero-order valence-electron chi connectivity index (χ0n) is 13.6. The van der Waals surface area contributed by atoms with Crippen molar-refractivity contribution in [3.8, 4) is 5.75 Å². The number of nitrogens with two attached hydrogens (primary N) is 1. The molecule has 1 rings (SSSR count). The summed E-state index contributed by atoms with van der Waals surface area (Å²) in [6, 6.07) is 5.98. The summed E-state index contributed by atoms with van der Waals surface area (Å²) in [4.78, 5) is 2.29. The molecule has 3 nitrogen and oxygen atoms in total. The fraction of sp³-hybridized carbons (Fsp3) is 0.647. The Morgan fingerprint density at radius 2 is 1.95 bits per heavy atom. The van der Waals surface area contributed by atoms with Crippen molar-refractivity contribution in [2.24, 2.45) is 5.73 Å². The Hall–Kier alpha value is -0.770. The van der Waals surface area contributed by atoms with Crippen LogP contribution in [0, 0.1) is 0 Å². The molecule has 2 N–H and O–H groups in total. The zero-order valence-corrected chi connectivity index (χ0v) is 14.3. The highest BCUT2D eigenvalue weighted by Crippen LogP contribution is 2.31. The second-order valence-corrected chi connectivity index (χ2v) is 5.91. The summed E-state index contributed by atoms with van der Waals surface area (Å²) in [6.07, 6.45) is 4.53. The van der Waals surface area contributed by atoms with E-state index < -0.39 is 0 Å². The first-order chi connectivity index (χ1) is 10.1. The summed E-state index contributed by atoms with van der Waals surface area (Å²) in [5.41, 5.74) is 7.11. The molecule has 0 saturated carbocycles. The number of unbranched alkanes of at least 4 members (excludes halogenated alkanes) is 2. The molecule has 0 fully saturated rings. The highest BCUT2D eigenvalue weighted by Gasteiger charge is 2.19. The van der Waals surface area contributed by atoms with Crippen molar-refractivity contribution < 1.29 is 4.74 Å². The third-order valence-electron chi connectivity index (χ3n) is 3.71. The Morgan fingerprint density at radius 1 is 1.24 bits per heavy atom. The maximum Gasteiger partial charge on any atom is 0.124 e. The Morgan fingerprint density at radius 3 is 2.57 bits per heavy atom.